The van der Waals surface area contributed by atoms with Crippen molar-refractivity contribution in [1.29, 1.82) is 0 Å². The molecule has 0 radical (unpaired) electrons. The van der Waals surface area contributed by atoms with Crippen LogP contribution in [0.4, 0.5) is 4.39 Å². The Morgan fingerprint density at radius 2 is 2.13 bits per heavy atom. The van der Waals surface area contributed by atoms with Crippen LogP contribution in [0.3, 0.4) is 0 Å². The maximum atomic E-state index is 13.6. The summed E-state index contributed by atoms with van der Waals surface area (Å²) >= 11 is 0. The summed E-state index contributed by atoms with van der Waals surface area (Å²) in [4.78, 5) is 0. The first kappa shape index (κ1) is 10.6. The van der Waals surface area contributed by atoms with Crippen molar-refractivity contribution in [3.8, 4) is 0 Å². The second-order valence-electron chi connectivity index (χ2n) is 4.67. The minimum absolute atomic E-state index is 0.0762. The smallest absolute Gasteiger partial charge is 0.127 e. The molecule has 1 aliphatic rings. The van der Waals surface area contributed by atoms with Gasteiger partial charge in [-0.05, 0) is 38.3 Å². The number of piperidine rings is 1. The summed E-state index contributed by atoms with van der Waals surface area (Å²) < 4.78 is 13.6. The minimum Gasteiger partial charge on any atom is -0.310 e. The van der Waals surface area contributed by atoms with Gasteiger partial charge in [-0.15, -0.1) is 0 Å². The van der Waals surface area contributed by atoms with Gasteiger partial charge in [0.2, 0.25) is 0 Å². The van der Waals surface area contributed by atoms with Crippen LogP contribution in [-0.2, 0) is 0 Å². The van der Waals surface area contributed by atoms with E-state index in [1.165, 1.54) is 6.42 Å². The molecule has 1 nitrogen and oxygen atoms in total. The van der Waals surface area contributed by atoms with E-state index in [0.717, 1.165) is 24.1 Å². The predicted molar refractivity (Wildman–Crippen MR) is 60.3 cm³/mol. The van der Waals surface area contributed by atoms with Gasteiger partial charge < -0.3 is 5.32 Å². The Hall–Kier alpha value is -0.890. The Bertz CT molecular complexity index is 340. The van der Waals surface area contributed by atoms with Gasteiger partial charge in [-0.3, -0.25) is 0 Å². The molecule has 2 unspecified atom stereocenters. The zero-order valence-corrected chi connectivity index (χ0v) is 9.39. The number of hydrogen-bond donors (Lipinski definition) is 1. The normalized spacial score (nSPS) is 26.6. The summed E-state index contributed by atoms with van der Waals surface area (Å²) in [6, 6.07) is 5.57. The van der Waals surface area contributed by atoms with Gasteiger partial charge in [-0.2, -0.15) is 0 Å². The van der Waals surface area contributed by atoms with Gasteiger partial charge in [-0.1, -0.05) is 24.6 Å². The quantitative estimate of drug-likeness (QED) is 0.745. The summed E-state index contributed by atoms with van der Waals surface area (Å²) in [5, 5.41) is 3.41. The van der Waals surface area contributed by atoms with Crippen molar-refractivity contribution in [2.45, 2.75) is 32.7 Å². The summed E-state index contributed by atoms with van der Waals surface area (Å²) in [5.74, 6) is 0.641. The van der Waals surface area contributed by atoms with Crippen molar-refractivity contribution in [1.82, 2.24) is 5.32 Å². The second-order valence-corrected chi connectivity index (χ2v) is 4.67. The molecule has 15 heavy (non-hydrogen) atoms. The zero-order valence-electron chi connectivity index (χ0n) is 9.39. The molecule has 1 heterocycles. The molecule has 0 aliphatic carbocycles. The largest absolute Gasteiger partial charge is 0.310 e. The van der Waals surface area contributed by atoms with Crippen molar-refractivity contribution in [2.75, 3.05) is 6.54 Å². The highest BCUT2D eigenvalue weighted by atomic mass is 19.1. The van der Waals surface area contributed by atoms with Crippen LogP contribution in [0.15, 0.2) is 18.2 Å². The topological polar surface area (TPSA) is 12.0 Å². The molecule has 2 atom stereocenters. The number of aryl methyl sites for hydroxylation is 1. The molecule has 1 aliphatic heterocycles. The average Bonchev–Trinajstić information content (AvgIpc) is 2.23. The maximum Gasteiger partial charge on any atom is 0.127 e. The average molecular weight is 207 g/mol. The summed E-state index contributed by atoms with van der Waals surface area (Å²) in [6.45, 7) is 5.24. The molecule has 1 saturated heterocycles. The van der Waals surface area contributed by atoms with Crippen LogP contribution in [0.25, 0.3) is 0 Å². The van der Waals surface area contributed by atoms with Crippen LogP contribution < -0.4 is 5.32 Å². The molecule has 2 rings (SSSR count). The van der Waals surface area contributed by atoms with Crippen molar-refractivity contribution in [3.63, 3.8) is 0 Å². The second kappa shape index (κ2) is 4.31. The lowest BCUT2D eigenvalue weighted by Crippen LogP contribution is -2.32. The van der Waals surface area contributed by atoms with E-state index in [4.69, 9.17) is 0 Å². The summed E-state index contributed by atoms with van der Waals surface area (Å²) in [6.07, 6.45) is 2.23. The molecule has 0 spiro atoms. The Morgan fingerprint density at radius 1 is 1.33 bits per heavy atom. The number of hydrogen-bond acceptors (Lipinski definition) is 1. The predicted octanol–water partition coefficient (Wildman–Crippen LogP) is 3.19. The van der Waals surface area contributed by atoms with Crippen LogP contribution in [0.1, 0.15) is 36.9 Å². The van der Waals surface area contributed by atoms with Crippen LogP contribution in [-0.4, -0.2) is 6.54 Å². The van der Waals surface area contributed by atoms with E-state index in [2.05, 4.69) is 12.2 Å². The minimum atomic E-state index is -0.0762. The fourth-order valence-corrected chi connectivity index (χ4v) is 2.19. The van der Waals surface area contributed by atoms with Crippen molar-refractivity contribution in [2.24, 2.45) is 5.92 Å². The Balaban J connectivity index is 2.18. The van der Waals surface area contributed by atoms with Gasteiger partial charge in [0, 0.05) is 11.6 Å². The number of benzene rings is 1. The summed E-state index contributed by atoms with van der Waals surface area (Å²) in [7, 11) is 0. The lowest BCUT2D eigenvalue weighted by atomic mass is 9.91. The highest BCUT2D eigenvalue weighted by Gasteiger charge is 2.21. The first-order chi connectivity index (χ1) is 7.16. The Morgan fingerprint density at radius 3 is 2.80 bits per heavy atom. The number of rotatable bonds is 1. The van der Waals surface area contributed by atoms with Gasteiger partial charge >= 0.3 is 0 Å². The molecule has 0 amide bonds. The lowest BCUT2D eigenvalue weighted by Gasteiger charge is -2.28. The van der Waals surface area contributed by atoms with Crippen LogP contribution >= 0.6 is 0 Å². The third kappa shape index (κ3) is 2.37. The monoisotopic (exact) mass is 207 g/mol. The maximum absolute atomic E-state index is 13.6. The van der Waals surface area contributed by atoms with Crippen molar-refractivity contribution < 1.29 is 4.39 Å². The third-order valence-corrected chi connectivity index (χ3v) is 3.19. The van der Waals surface area contributed by atoms with Crippen LogP contribution in [0, 0.1) is 18.7 Å². The molecular weight excluding hydrogens is 189 g/mol. The van der Waals surface area contributed by atoms with E-state index >= 15 is 0 Å². The SMILES string of the molecule is Cc1ccc(F)c(C2CCC(C)CN2)c1. The first-order valence-electron chi connectivity index (χ1n) is 5.66. The standard InChI is InChI=1S/C13H18FN/c1-9-3-5-12(14)11(7-9)13-6-4-10(2)8-15-13/h3,5,7,10,13,15H,4,6,8H2,1-2H3. The van der Waals surface area contributed by atoms with Gasteiger partial charge in [0.25, 0.3) is 0 Å². The molecular formula is C13H18FN. The molecule has 0 aromatic heterocycles. The van der Waals surface area contributed by atoms with E-state index in [1.807, 2.05) is 19.1 Å². The Kier molecular flexibility index (Phi) is 3.06. The fourth-order valence-electron chi connectivity index (χ4n) is 2.19. The molecule has 1 aromatic rings. The first-order valence-corrected chi connectivity index (χ1v) is 5.66. The van der Waals surface area contributed by atoms with E-state index in [0.29, 0.717) is 5.92 Å². The fraction of sp³-hybridized carbons (Fsp3) is 0.538. The highest BCUT2D eigenvalue weighted by Crippen LogP contribution is 2.27. The van der Waals surface area contributed by atoms with Gasteiger partial charge in [0.1, 0.15) is 5.82 Å². The van der Waals surface area contributed by atoms with E-state index in [-0.39, 0.29) is 11.9 Å². The van der Waals surface area contributed by atoms with Gasteiger partial charge in [0.15, 0.2) is 0 Å². The molecule has 1 aromatic carbocycles. The Labute approximate surface area is 90.7 Å². The highest BCUT2D eigenvalue weighted by molar-refractivity contribution is 5.27. The lowest BCUT2D eigenvalue weighted by molar-refractivity contribution is 0.326. The molecule has 0 saturated carbocycles. The van der Waals surface area contributed by atoms with E-state index in [9.17, 15) is 4.39 Å². The summed E-state index contributed by atoms with van der Waals surface area (Å²) in [5.41, 5.74) is 1.97. The molecule has 1 N–H and O–H groups in total. The van der Waals surface area contributed by atoms with Gasteiger partial charge in [0.05, 0.1) is 0 Å². The van der Waals surface area contributed by atoms with Crippen molar-refractivity contribution in [3.05, 3.63) is 35.1 Å². The molecule has 1 fully saturated rings. The third-order valence-electron chi connectivity index (χ3n) is 3.19. The molecule has 0 bridgehead atoms. The van der Waals surface area contributed by atoms with Gasteiger partial charge in [-0.25, -0.2) is 4.39 Å². The van der Waals surface area contributed by atoms with Crippen molar-refractivity contribution >= 4 is 0 Å². The zero-order chi connectivity index (χ0) is 10.8. The van der Waals surface area contributed by atoms with Crippen LogP contribution in [0.2, 0.25) is 0 Å². The van der Waals surface area contributed by atoms with E-state index < -0.39 is 0 Å². The number of halogens is 1. The molecule has 2 heteroatoms. The number of nitrogens with one attached hydrogen (secondary N) is 1. The molecule has 82 valence electrons. The van der Waals surface area contributed by atoms with E-state index in [1.54, 1.807) is 6.07 Å². The van der Waals surface area contributed by atoms with Crippen LogP contribution in [0.5, 0.6) is 0 Å².